The number of piperidine rings is 1. The number of rotatable bonds is 2. The number of pyridine rings is 1. The highest BCUT2D eigenvalue weighted by Gasteiger charge is 2.17. The van der Waals surface area contributed by atoms with Gasteiger partial charge in [-0.05, 0) is 31.4 Å². The molecule has 4 rings (SSSR count). The topological polar surface area (TPSA) is 61.9 Å². The zero-order valence-electron chi connectivity index (χ0n) is 13.1. The van der Waals surface area contributed by atoms with Crippen LogP contribution in [0.5, 0.6) is 0 Å². The first kappa shape index (κ1) is 15.1. The van der Waals surface area contributed by atoms with Crippen molar-refractivity contribution in [2.45, 2.75) is 19.3 Å². The van der Waals surface area contributed by atoms with Crippen LogP contribution in [-0.4, -0.2) is 28.0 Å². The van der Waals surface area contributed by atoms with Crippen molar-refractivity contribution in [2.75, 3.05) is 18.0 Å². The van der Waals surface area contributed by atoms with E-state index in [-0.39, 0.29) is 5.56 Å². The molecule has 1 N–H and O–H groups in total. The van der Waals surface area contributed by atoms with Crippen LogP contribution in [0.25, 0.3) is 22.2 Å². The molecule has 0 saturated carbocycles. The van der Waals surface area contributed by atoms with E-state index in [1.165, 1.54) is 6.42 Å². The zero-order valence-corrected chi connectivity index (χ0v) is 13.9. The summed E-state index contributed by atoms with van der Waals surface area (Å²) in [6.07, 6.45) is 5.14. The van der Waals surface area contributed by atoms with E-state index in [1.54, 1.807) is 12.3 Å². The van der Waals surface area contributed by atoms with Gasteiger partial charge >= 0.3 is 0 Å². The van der Waals surface area contributed by atoms with Gasteiger partial charge in [-0.2, -0.15) is 4.98 Å². The monoisotopic (exact) mass is 340 g/mol. The predicted molar refractivity (Wildman–Crippen MR) is 96.7 cm³/mol. The molecule has 122 valence electrons. The van der Waals surface area contributed by atoms with Gasteiger partial charge in [0.2, 0.25) is 5.95 Å². The first-order chi connectivity index (χ1) is 11.7. The standard InChI is InChI=1S/C18H17ClN4O/c19-14-7-3-2-6-12(14)13-8-9-20-16-15(13)17(24)22-18(21-16)23-10-4-1-5-11-23/h2-3,6-9H,1,4-5,10-11H2,(H,20,21,22,24). The van der Waals surface area contributed by atoms with E-state index in [9.17, 15) is 4.79 Å². The third-order valence-electron chi connectivity index (χ3n) is 4.41. The summed E-state index contributed by atoms with van der Waals surface area (Å²) >= 11 is 6.30. The molecule has 2 aromatic heterocycles. The highest BCUT2D eigenvalue weighted by Crippen LogP contribution is 2.31. The molecule has 3 heterocycles. The lowest BCUT2D eigenvalue weighted by atomic mass is 10.0. The van der Waals surface area contributed by atoms with Crippen LogP contribution in [0.1, 0.15) is 19.3 Å². The number of aromatic nitrogens is 3. The molecule has 0 unspecified atom stereocenters. The van der Waals surface area contributed by atoms with E-state index in [2.05, 4.69) is 19.9 Å². The van der Waals surface area contributed by atoms with Gasteiger partial charge in [0, 0.05) is 35.4 Å². The van der Waals surface area contributed by atoms with Gasteiger partial charge < -0.3 is 4.90 Å². The fourth-order valence-electron chi connectivity index (χ4n) is 3.21. The summed E-state index contributed by atoms with van der Waals surface area (Å²) in [4.78, 5) is 26.7. The normalized spacial score (nSPS) is 15.0. The molecule has 3 aromatic rings. The van der Waals surface area contributed by atoms with E-state index in [0.717, 1.165) is 37.1 Å². The molecule has 1 fully saturated rings. The average molecular weight is 341 g/mol. The minimum atomic E-state index is -0.177. The Labute approximate surface area is 144 Å². The molecule has 24 heavy (non-hydrogen) atoms. The summed E-state index contributed by atoms with van der Waals surface area (Å²) in [7, 11) is 0. The molecular weight excluding hydrogens is 324 g/mol. The first-order valence-corrected chi connectivity index (χ1v) is 8.51. The Bertz CT molecular complexity index is 947. The van der Waals surface area contributed by atoms with Crippen LogP contribution in [0.2, 0.25) is 5.02 Å². The lowest BCUT2D eigenvalue weighted by molar-refractivity contribution is 0.568. The van der Waals surface area contributed by atoms with E-state index in [0.29, 0.717) is 22.0 Å². The fourth-order valence-corrected chi connectivity index (χ4v) is 3.45. The second-order valence-corrected chi connectivity index (χ2v) is 6.38. The molecule has 0 bridgehead atoms. The number of hydrogen-bond donors (Lipinski definition) is 1. The molecule has 0 amide bonds. The maximum Gasteiger partial charge on any atom is 0.262 e. The number of fused-ring (bicyclic) bond motifs is 1. The Balaban J connectivity index is 1.89. The lowest BCUT2D eigenvalue weighted by Gasteiger charge is -2.27. The molecule has 1 aromatic carbocycles. The van der Waals surface area contributed by atoms with Crippen LogP contribution in [0.3, 0.4) is 0 Å². The lowest BCUT2D eigenvalue weighted by Crippen LogP contribution is -2.32. The van der Waals surface area contributed by atoms with Crippen LogP contribution in [0.4, 0.5) is 5.95 Å². The average Bonchev–Trinajstić information content (AvgIpc) is 2.62. The largest absolute Gasteiger partial charge is 0.342 e. The number of nitrogens with one attached hydrogen (secondary N) is 1. The Morgan fingerprint density at radius 3 is 2.62 bits per heavy atom. The maximum atomic E-state index is 12.7. The number of benzene rings is 1. The van der Waals surface area contributed by atoms with Crippen molar-refractivity contribution in [3.63, 3.8) is 0 Å². The molecule has 0 spiro atoms. The number of H-pyrrole nitrogens is 1. The highest BCUT2D eigenvalue weighted by atomic mass is 35.5. The van der Waals surface area contributed by atoms with Gasteiger partial charge in [0.15, 0.2) is 5.65 Å². The van der Waals surface area contributed by atoms with Gasteiger partial charge in [-0.1, -0.05) is 29.8 Å². The summed E-state index contributed by atoms with van der Waals surface area (Å²) in [6.45, 7) is 1.83. The molecule has 6 heteroatoms. The van der Waals surface area contributed by atoms with Crippen LogP contribution >= 0.6 is 11.6 Å². The van der Waals surface area contributed by atoms with E-state index < -0.39 is 0 Å². The van der Waals surface area contributed by atoms with E-state index in [1.807, 2.05) is 24.3 Å². The smallest absolute Gasteiger partial charge is 0.262 e. The number of hydrogen-bond acceptors (Lipinski definition) is 4. The Morgan fingerprint density at radius 1 is 1.04 bits per heavy atom. The quantitative estimate of drug-likeness (QED) is 0.773. The molecule has 5 nitrogen and oxygen atoms in total. The number of anilines is 1. The van der Waals surface area contributed by atoms with Gasteiger partial charge in [-0.15, -0.1) is 0 Å². The fraction of sp³-hybridized carbons (Fsp3) is 0.278. The molecule has 1 aliphatic rings. The summed E-state index contributed by atoms with van der Waals surface area (Å²) in [5.74, 6) is 0.607. The molecule has 0 aliphatic carbocycles. The summed E-state index contributed by atoms with van der Waals surface area (Å²) in [5, 5.41) is 1.08. The number of nitrogens with zero attached hydrogens (tertiary/aromatic N) is 3. The van der Waals surface area contributed by atoms with Crippen LogP contribution < -0.4 is 10.5 Å². The minimum absolute atomic E-state index is 0.177. The van der Waals surface area contributed by atoms with Crippen molar-refractivity contribution in [1.29, 1.82) is 0 Å². The van der Waals surface area contributed by atoms with E-state index in [4.69, 9.17) is 11.6 Å². The third-order valence-corrected chi connectivity index (χ3v) is 4.74. The van der Waals surface area contributed by atoms with Gasteiger partial charge in [0.1, 0.15) is 0 Å². The highest BCUT2D eigenvalue weighted by molar-refractivity contribution is 6.33. The number of aromatic amines is 1. The van der Waals surface area contributed by atoms with Crippen LogP contribution in [0, 0.1) is 0 Å². The van der Waals surface area contributed by atoms with Gasteiger partial charge in [-0.3, -0.25) is 9.78 Å². The first-order valence-electron chi connectivity index (χ1n) is 8.13. The van der Waals surface area contributed by atoms with Crippen LogP contribution in [0.15, 0.2) is 41.3 Å². The maximum absolute atomic E-state index is 12.7. The molecular formula is C18H17ClN4O. The van der Waals surface area contributed by atoms with Crippen molar-refractivity contribution in [3.05, 3.63) is 51.9 Å². The number of halogens is 1. The summed E-state index contributed by atoms with van der Waals surface area (Å²) in [6, 6.07) is 9.28. The van der Waals surface area contributed by atoms with Gasteiger partial charge in [0.05, 0.1) is 5.39 Å². The zero-order chi connectivity index (χ0) is 16.5. The Kier molecular flexibility index (Phi) is 3.94. The van der Waals surface area contributed by atoms with Gasteiger partial charge in [0.25, 0.3) is 5.56 Å². The molecule has 0 atom stereocenters. The second kappa shape index (κ2) is 6.24. The SMILES string of the molecule is O=c1[nH]c(N2CCCCC2)nc2nccc(-c3ccccc3Cl)c12. The molecule has 1 aliphatic heterocycles. The molecule has 1 saturated heterocycles. The van der Waals surface area contributed by atoms with Crippen molar-refractivity contribution < 1.29 is 0 Å². The van der Waals surface area contributed by atoms with Crippen molar-refractivity contribution >= 4 is 28.6 Å². The second-order valence-electron chi connectivity index (χ2n) is 5.97. The Morgan fingerprint density at radius 2 is 1.83 bits per heavy atom. The van der Waals surface area contributed by atoms with Gasteiger partial charge in [-0.25, -0.2) is 4.98 Å². The van der Waals surface area contributed by atoms with Crippen molar-refractivity contribution in [1.82, 2.24) is 15.0 Å². The predicted octanol–water partition coefficient (Wildman–Crippen LogP) is 3.63. The van der Waals surface area contributed by atoms with Crippen molar-refractivity contribution in [3.8, 4) is 11.1 Å². The van der Waals surface area contributed by atoms with Crippen LogP contribution in [-0.2, 0) is 0 Å². The molecule has 0 radical (unpaired) electrons. The van der Waals surface area contributed by atoms with E-state index >= 15 is 0 Å². The summed E-state index contributed by atoms with van der Waals surface area (Å²) in [5.41, 5.74) is 1.84. The van der Waals surface area contributed by atoms with Crippen molar-refractivity contribution in [2.24, 2.45) is 0 Å². The Hall–Kier alpha value is -2.40. The summed E-state index contributed by atoms with van der Waals surface area (Å²) < 4.78 is 0. The third kappa shape index (κ3) is 2.65. The minimum Gasteiger partial charge on any atom is -0.342 e.